The van der Waals surface area contributed by atoms with Gasteiger partial charge in [-0.25, -0.2) is 9.97 Å². The van der Waals surface area contributed by atoms with Crippen molar-refractivity contribution >= 4 is 39.9 Å². The molecule has 0 bridgehead atoms. The lowest BCUT2D eigenvalue weighted by Crippen LogP contribution is -2.20. The Morgan fingerprint density at radius 1 is 1.04 bits per heavy atom. The summed E-state index contributed by atoms with van der Waals surface area (Å²) in [5.41, 5.74) is 3.56. The van der Waals surface area contributed by atoms with Gasteiger partial charge in [0.2, 0.25) is 0 Å². The molecule has 2 N–H and O–H groups in total. The highest BCUT2D eigenvalue weighted by atomic mass is 32.1. The maximum atomic E-state index is 12.4. The van der Waals surface area contributed by atoms with Crippen molar-refractivity contribution in [2.45, 2.75) is 0 Å². The van der Waals surface area contributed by atoms with E-state index in [1.807, 2.05) is 12.1 Å². The maximum Gasteiger partial charge on any atom is 0.269 e. The minimum absolute atomic E-state index is 0.233. The van der Waals surface area contributed by atoms with E-state index in [9.17, 15) is 9.59 Å². The second-order valence-corrected chi connectivity index (χ2v) is 6.50. The lowest BCUT2D eigenvalue weighted by molar-refractivity contribution is 0.0955. The van der Waals surface area contributed by atoms with Crippen molar-refractivity contribution in [3.05, 3.63) is 59.5 Å². The monoisotopic (exact) mass is 391 g/mol. The van der Waals surface area contributed by atoms with E-state index in [1.54, 1.807) is 17.8 Å². The van der Waals surface area contributed by atoms with Gasteiger partial charge in [0.1, 0.15) is 22.7 Å². The zero-order valence-corrected chi connectivity index (χ0v) is 15.4. The summed E-state index contributed by atoms with van der Waals surface area (Å²) in [6, 6.07) is 8.43. The first-order chi connectivity index (χ1) is 13.6. The number of carbonyl (C=O) groups excluding carboxylic acids is 2. The molecule has 0 spiro atoms. The van der Waals surface area contributed by atoms with Gasteiger partial charge in [-0.05, 0) is 24.3 Å². The van der Waals surface area contributed by atoms with Crippen LogP contribution in [0.5, 0.6) is 0 Å². The summed E-state index contributed by atoms with van der Waals surface area (Å²) in [7, 11) is 1.51. The SMILES string of the molecule is CNC(=O)c1ccc(C(=O)Nc2cc3nc(-c4nncs4)ccc3cn2)cn1. The average molecular weight is 391 g/mol. The van der Waals surface area contributed by atoms with E-state index in [2.05, 4.69) is 35.8 Å². The van der Waals surface area contributed by atoms with Crippen LogP contribution < -0.4 is 10.6 Å². The fraction of sp³-hybridized carbons (Fsp3) is 0.0556. The molecular weight excluding hydrogens is 378 g/mol. The van der Waals surface area contributed by atoms with Crippen molar-refractivity contribution in [3.63, 3.8) is 0 Å². The highest BCUT2D eigenvalue weighted by molar-refractivity contribution is 7.12. The maximum absolute atomic E-state index is 12.4. The molecule has 0 saturated carbocycles. The summed E-state index contributed by atoms with van der Waals surface area (Å²) in [5.74, 6) is -0.349. The number of amides is 2. The van der Waals surface area contributed by atoms with Crippen LogP contribution in [0.25, 0.3) is 21.6 Å². The van der Waals surface area contributed by atoms with E-state index < -0.39 is 0 Å². The van der Waals surface area contributed by atoms with Crippen LogP contribution >= 0.6 is 11.3 Å². The third-order valence-corrected chi connectivity index (χ3v) is 4.59. The lowest BCUT2D eigenvalue weighted by Gasteiger charge is -2.06. The van der Waals surface area contributed by atoms with Crippen LogP contribution in [0.4, 0.5) is 5.82 Å². The first-order valence-electron chi connectivity index (χ1n) is 8.17. The van der Waals surface area contributed by atoms with Crippen LogP contribution in [0.3, 0.4) is 0 Å². The minimum Gasteiger partial charge on any atom is -0.354 e. The predicted octanol–water partition coefficient (Wildman–Crippen LogP) is 2.16. The van der Waals surface area contributed by atoms with E-state index in [1.165, 1.54) is 36.7 Å². The second kappa shape index (κ2) is 7.45. The number of hydrogen-bond acceptors (Lipinski definition) is 8. The van der Waals surface area contributed by atoms with Crippen LogP contribution in [0.15, 0.2) is 48.2 Å². The molecule has 9 nitrogen and oxygen atoms in total. The number of fused-ring (bicyclic) bond motifs is 1. The second-order valence-electron chi connectivity index (χ2n) is 5.67. The molecular formula is C18H13N7O2S. The molecule has 0 aliphatic rings. The molecule has 2 amide bonds. The van der Waals surface area contributed by atoms with Crippen molar-refractivity contribution in [3.8, 4) is 10.7 Å². The van der Waals surface area contributed by atoms with Crippen molar-refractivity contribution in [1.82, 2.24) is 30.5 Å². The summed E-state index contributed by atoms with van der Waals surface area (Å²) in [6.45, 7) is 0. The molecule has 4 aromatic rings. The third-order valence-electron chi connectivity index (χ3n) is 3.88. The fourth-order valence-corrected chi connectivity index (χ4v) is 2.99. The molecule has 4 heterocycles. The fourth-order valence-electron chi connectivity index (χ4n) is 2.47. The summed E-state index contributed by atoms with van der Waals surface area (Å²) in [6.07, 6.45) is 2.97. The predicted molar refractivity (Wildman–Crippen MR) is 104 cm³/mol. The summed E-state index contributed by atoms with van der Waals surface area (Å²) < 4.78 is 0. The number of anilines is 1. The Hall–Kier alpha value is -3.79. The number of nitrogens with one attached hydrogen (secondary N) is 2. The quantitative estimate of drug-likeness (QED) is 0.546. The average Bonchev–Trinajstić information content (AvgIpc) is 3.27. The van der Waals surface area contributed by atoms with Crippen LogP contribution in [0, 0.1) is 0 Å². The highest BCUT2D eigenvalue weighted by Gasteiger charge is 2.11. The van der Waals surface area contributed by atoms with Gasteiger partial charge in [-0.2, -0.15) is 0 Å². The molecule has 0 aliphatic carbocycles. The Balaban J connectivity index is 1.57. The van der Waals surface area contributed by atoms with Crippen molar-refractivity contribution in [1.29, 1.82) is 0 Å². The van der Waals surface area contributed by atoms with Crippen LogP contribution in [-0.2, 0) is 0 Å². The molecule has 4 rings (SSSR count). The Morgan fingerprint density at radius 3 is 2.64 bits per heavy atom. The van der Waals surface area contributed by atoms with Gasteiger partial charge in [0, 0.05) is 30.9 Å². The van der Waals surface area contributed by atoms with Gasteiger partial charge in [0.15, 0.2) is 5.01 Å². The number of hydrogen-bond donors (Lipinski definition) is 2. The summed E-state index contributed by atoms with van der Waals surface area (Å²) in [5, 5.41) is 14.6. The number of nitrogens with zero attached hydrogens (tertiary/aromatic N) is 5. The molecule has 0 aliphatic heterocycles. The van der Waals surface area contributed by atoms with Gasteiger partial charge in [-0.15, -0.1) is 10.2 Å². The molecule has 10 heteroatoms. The van der Waals surface area contributed by atoms with Crippen molar-refractivity contribution in [2.75, 3.05) is 12.4 Å². The largest absolute Gasteiger partial charge is 0.354 e. The van der Waals surface area contributed by atoms with E-state index in [0.29, 0.717) is 27.6 Å². The third kappa shape index (κ3) is 3.53. The Bertz CT molecular complexity index is 1160. The normalized spacial score (nSPS) is 10.6. The van der Waals surface area contributed by atoms with Gasteiger partial charge < -0.3 is 10.6 Å². The molecule has 0 saturated heterocycles. The first-order valence-corrected chi connectivity index (χ1v) is 9.05. The van der Waals surface area contributed by atoms with Gasteiger partial charge in [0.25, 0.3) is 11.8 Å². The lowest BCUT2D eigenvalue weighted by atomic mass is 10.2. The molecule has 28 heavy (non-hydrogen) atoms. The molecule has 0 unspecified atom stereocenters. The summed E-state index contributed by atoms with van der Waals surface area (Å²) in [4.78, 5) is 36.7. The van der Waals surface area contributed by atoms with Gasteiger partial charge in [0.05, 0.1) is 11.1 Å². The van der Waals surface area contributed by atoms with Crippen molar-refractivity contribution < 1.29 is 9.59 Å². The Kier molecular flexibility index (Phi) is 4.68. The molecule has 138 valence electrons. The molecule has 0 atom stereocenters. The molecule has 0 radical (unpaired) electrons. The standard InChI is InChI=1S/C18H13N7O2S/c1-19-17(27)12-4-3-11(8-20-12)16(26)24-15-6-14-10(7-21-15)2-5-13(23-14)18-25-22-9-28-18/h2-9H,1H3,(H,19,27)(H,21,24,26). The topological polar surface area (TPSA) is 123 Å². The van der Waals surface area contributed by atoms with Crippen LogP contribution in [0.2, 0.25) is 0 Å². The Morgan fingerprint density at radius 2 is 1.93 bits per heavy atom. The van der Waals surface area contributed by atoms with Gasteiger partial charge >= 0.3 is 0 Å². The number of pyridine rings is 3. The van der Waals surface area contributed by atoms with Crippen LogP contribution in [0.1, 0.15) is 20.8 Å². The highest BCUT2D eigenvalue weighted by Crippen LogP contribution is 2.23. The first kappa shape index (κ1) is 17.6. The number of rotatable bonds is 4. The van der Waals surface area contributed by atoms with E-state index in [-0.39, 0.29) is 17.5 Å². The summed E-state index contributed by atoms with van der Waals surface area (Å²) >= 11 is 1.40. The minimum atomic E-state index is -0.386. The van der Waals surface area contributed by atoms with E-state index >= 15 is 0 Å². The Labute approximate surface area is 162 Å². The zero-order chi connectivity index (χ0) is 19.5. The number of carbonyl (C=O) groups is 2. The molecule has 0 fully saturated rings. The van der Waals surface area contributed by atoms with E-state index in [0.717, 1.165) is 5.39 Å². The molecule has 4 aromatic heterocycles. The van der Waals surface area contributed by atoms with Gasteiger partial charge in [-0.3, -0.25) is 14.6 Å². The number of aromatic nitrogens is 5. The zero-order valence-electron chi connectivity index (χ0n) is 14.6. The van der Waals surface area contributed by atoms with Gasteiger partial charge in [-0.1, -0.05) is 11.3 Å². The van der Waals surface area contributed by atoms with Crippen molar-refractivity contribution in [2.24, 2.45) is 0 Å². The smallest absolute Gasteiger partial charge is 0.269 e. The molecule has 0 aromatic carbocycles. The van der Waals surface area contributed by atoms with E-state index in [4.69, 9.17) is 0 Å². The van der Waals surface area contributed by atoms with Crippen LogP contribution in [-0.4, -0.2) is 44.0 Å².